The SMILES string of the molecule is Cc1cc(C)c(NC(Cc2ccc(-c3cc(CNc4ncc[nH]4)cs3)cc2)C(=O)O)c(C)c1. The molecule has 0 radical (unpaired) electrons. The Balaban J connectivity index is 1.42. The van der Waals surface area contributed by atoms with Gasteiger partial charge in [0, 0.05) is 35.9 Å². The monoisotopic (exact) mass is 460 g/mol. The van der Waals surface area contributed by atoms with Gasteiger partial charge in [0.05, 0.1) is 0 Å². The van der Waals surface area contributed by atoms with E-state index in [-0.39, 0.29) is 0 Å². The van der Waals surface area contributed by atoms with Crippen LogP contribution in [0, 0.1) is 20.8 Å². The highest BCUT2D eigenvalue weighted by Crippen LogP contribution is 2.28. The lowest BCUT2D eigenvalue weighted by Gasteiger charge is -2.20. The molecule has 2 aromatic carbocycles. The first-order valence-corrected chi connectivity index (χ1v) is 11.7. The van der Waals surface area contributed by atoms with E-state index >= 15 is 0 Å². The summed E-state index contributed by atoms with van der Waals surface area (Å²) < 4.78 is 0. The van der Waals surface area contributed by atoms with Gasteiger partial charge in [-0.05, 0) is 60.0 Å². The normalized spacial score (nSPS) is 11.8. The number of hydrogen-bond acceptors (Lipinski definition) is 5. The highest BCUT2D eigenvalue weighted by atomic mass is 32.1. The van der Waals surface area contributed by atoms with Crippen LogP contribution in [0.15, 0.2) is 60.2 Å². The molecule has 0 fully saturated rings. The fourth-order valence-corrected chi connectivity index (χ4v) is 4.91. The summed E-state index contributed by atoms with van der Waals surface area (Å²) >= 11 is 1.69. The maximum atomic E-state index is 12.0. The molecule has 170 valence electrons. The molecule has 1 atom stereocenters. The molecule has 0 amide bonds. The minimum Gasteiger partial charge on any atom is -0.480 e. The van der Waals surface area contributed by atoms with Crippen molar-refractivity contribution in [3.05, 3.63) is 88.1 Å². The number of carbonyl (C=O) groups is 1. The second-order valence-electron chi connectivity index (χ2n) is 8.32. The van der Waals surface area contributed by atoms with E-state index in [1.165, 1.54) is 16.0 Å². The number of carboxylic acid groups (broad SMARTS) is 1. The third-order valence-electron chi connectivity index (χ3n) is 5.58. The minimum atomic E-state index is -0.856. The van der Waals surface area contributed by atoms with Gasteiger partial charge < -0.3 is 20.7 Å². The molecule has 0 saturated heterocycles. The van der Waals surface area contributed by atoms with Crippen molar-refractivity contribution in [3.63, 3.8) is 0 Å². The van der Waals surface area contributed by atoms with Crippen LogP contribution >= 0.6 is 11.3 Å². The van der Waals surface area contributed by atoms with Gasteiger partial charge in [0.25, 0.3) is 0 Å². The van der Waals surface area contributed by atoms with Crippen LogP contribution in [0.1, 0.15) is 27.8 Å². The van der Waals surface area contributed by atoms with E-state index in [4.69, 9.17) is 0 Å². The van der Waals surface area contributed by atoms with Crippen molar-refractivity contribution in [3.8, 4) is 10.4 Å². The molecule has 0 spiro atoms. The van der Waals surface area contributed by atoms with E-state index in [0.29, 0.717) is 13.0 Å². The Morgan fingerprint density at radius 3 is 2.45 bits per heavy atom. The van der Waals surface area contributed by atoms with Crippen LogP contribution in [0.3, 0.4) is 0 Å². The van der Waals surface area contributed by atoms with Gasteiger partial charge in [0.15, 0.2) is 5.95 Å². The van der Waals surface area contributed by atoms with Crippen LogP contribution in [-0.2, 0) is 17.8 Å². The number of aryl methyl sites for hydroxylation is 3. The van der Waals surface area contributed by atoms with Crippen molar-refractivity contribution in [2.45, 2.75) is 39.8 Å². The molecule has 7 heteroatoms. The number of aliphatic carboxylic acids is 1. The number of aromatic nitrogens is 2. The molecule has 4 rings (SSSR count). The maximum Gasteiger partial charge on any atom is 0.326 e. The largest absolute Gasteiger partial charge is 0.480 e. The van der Waals surface area contributed by atoms with Gasteiger partial charge in [-0.1, -0.05) is 42.0 Å². The molecule has 0 aliphatic heterocycles. The number of hydrogen-bond donors (Lipinski definition) is 4. The molecule has 1 unspecified atom stereocenters. The van der Waals surface area contributed by atoms with Crippen molar-refractivity contribution < 1.29 is 9.90 Å². The number of thiophene rings is 1. The van der Waals surface area contributed by atoms with E-state index in [9.17, 15) is 9.90 Å². The zero-order chi connectivity index (χ0) is 23.4. The Hall–Kier alpha value is -3.58. The molecule has 0 aliphatic rings. The average molecular weight is 461 g/mol. The van der Waals surface area contributed by atoms with Crippen LogP contribution in [0.2, 0.25) is 0 Å². The molecule has 0 bridgehead atoms. The second kappa shape index (κ2) is 9.92. The number of carboxylic acids is 1. The van der Waals surface area contributed by atoms with Crippen molar-refractivity contribution in [2.75, 3.05) is 10.6 Å². The lowest BCUT2D eigenvalue weighted by molar-refractivity contribution is -0.137. The van der Waals surface area contributed by atoms with Gasteiger partial charge in [0.2, 0.25) is 0 Å². The number of rotatable bonds is 9. The molecule has 6 nitrogen and oxygen atoms in total. The molecule has 2 aromatic heterocycles. The summed E-state index contributed by atoms with van der Waals surface area (Å²) in [5, 5.41) is 18.5. The quantitative estimate of drug-likeness (QED) is 0.254. The van der Waals surface area contributed by atoms with Crippen LogP contribution in [0.4, 0.5) is 11.6 Å². The fourth-order valence-electron chi connectivity index (χ4n) is 3.99. The Labute approximate surface area is 197 Å². The lowest BCUT2D eigenvalue weighted by atomic mass is 10.0. The summed E-state index contributed by atoms with van der Waals surface area (Å²) in [5.74, 6) is -0.102. The predicted octanol–water partition coefficient (Wildman–Crippen LogP) is 5.78. The van der Waals surface area contributed by atoms with Crippen molar-refractivity contribution in [2.24, 2.45) is 0 Å². The fraction of sp³-hybridized carbons (Fsp3) is 0.231. The van der Waals surface area contributed by atoms with Crippen molar-refractivity contribution in [1.29, 1.82) is 0 Å². The molecule has 4 aromatic rings. The maximum absolute atomic E-state index is 12.0. The minimum absolute atomic E-state index is 0.408. The third kappa shape index (κ3) is 5.62. The van der Waals surface area contributed by atoms with Gasteiger partial charge in [-0.15, -0.1) is 11.3 Å². The smallest absolute Gasteiger partial charge is 0.326 e. The Kier molecular flexibility index (Phi) is 6.79. The summed E-state index contributed by atoms with van der Waals surface area (Å²) in [6, 6.07) is 13.8. The number of anilines is 2. The predicted molar refractivity (Wildman–Crippen MR) is 135 cm³/mol. The molecular formula is C26H28N4O2S. The number of nitrogens with zero attached hydrogens (tertiary/aromatic N) is 1. The first kappa shape index (κ1) is 22.6. The van der Waals surface area contributed by atoms with E-state index in [2.05, 4.69) is 56.3 Å². The molecule has 0 saturated carbocycles. The number of nitrogens with one attached hydrogen (secondary N) is 3. The lowest BCUT2D eigenvalue weighted by Crippen LogP contribution is -2.32. The molecule has 33 heavy (non-hydrogen) atoms. The summed E-state index contributed by atoms with van der Waals surface area (Å²) in [6.07, 6.45) is 3.91. The van der Waals surface area contributed by atoms with Gasteiger partial charge in [-0.25, -0.2) is 9.78 Å². The van der Waals surface area contributed by atoms with Crippen LogP contribution in [0.25, 0.3) is 10.4 Å². The highest BCUT2D eigenvalue weighted by molar-refractivity contribution is 7.13. The second-order valence-corrected chi connectivity index (χ2v) is 9.23. The van der Waals surface area contributed by atoms with Crippen molar-refractivity contribution in [1.82, 2.24) is 9.97 Å². The summed E-state index contributed by atoms with van der Waals surface area (Å²) in [4.78, 5) is 20.3. The average Bonchev–Trinajstić information content (AvgIpc) is 3.46. The van der Waals surface area contributed by atoms with Gasteiger partial charge in [0.1, 0.15) is 6.04 Å². The van der Waals surface area contributed by atoms with Crippen molar-refractivity contribution >= 4 is 28.9 Å². The van der Waals surface area contributed by atoms with E-state index < -0.39 is 12.0 Å². The molecule has 0 aliphatic carbocycles. The third-order valence-corrected chi connectivity index (χ3v) is 6.61. The number of H-pyrrole nitrogens is 1. The number of imidazole rings is 1. The van der Waals surface area contributed by atoms with E-state index in [1.807, 2.05) is 32.9 Å². The molecular weight excluding hydrogens is 432 g/mol. The Morgan fingerprint density at radius 2 is 1.82 bits per heavy atom. The summed E-state index contributed by atoms with van der Waals surface area (Å²) in [6.45, 7) is 6.77. The van der Waals surface area contributed by atoms with E-state index in [1.54, 1.807) is 23.7 Å². The summed E-state index contributed by atoms with van der Waals surface area (Å²) in [5.41, 5.74) is 7.49. The zero-order valence-electron chi connectivity index (χ0n) is 19.0. The van der Waals surface area contributed by atoms with E-state index in [0.717, 1.165) is 33.9 Å². The summed E-state index contributed by atoms with van der Waals surface area (Å²) in [7, 11) is 0. The van der Waals surface area contributed by atoms with Gasteiger partial charge in [-0.3, -0.25) is 0 Å². The molecule has 4 N–H and O–H groups in total. The standard InChI is InChI=1S/C26H28N4O2S/c1-16-10-17(2)24(18(3)11-16)30-22(25(31)32)12-19-4-6-21(7-5-19)23-13-20(15-33-23)14-29-26-27-8-9-28-26/h4-11,13,15,22,30H,12,14H2,1-3H3,(H,31,32)(H2,27,28,29). The van der Waals surface area contributed by atoms with Crippen LogP contribution < -0.4 is 10.6 Å². The first-order chi connectivity index (χ1) is 15.9. The van der Waals surface area contributed by atoms with Crippen LogP contribution in [-0.4, -0.2) is 27.1 Å². The van der Waals surface area contributed by atoms with Gasteiger partial charge in [-0.2, -0.15) is 0 Å². The molecule has 2 heterocycles. The Bertz CT molecular complexity index is 1210. The topological polar surface area (TPSA) is 90.0 Å². The van der Waals surface area contributed by atoms with Gasteiger partial charge >= 0.3 is 5.97 Å². The number of aromatic amines is 1. The zero-order valence-corrected chi connectivity index (χ0v) is 19.8. The highest BCUT2D eigenvalue weighted by Gasteiger charge is 2.20. The first-order valence-electron chi connectivity index (χ1n) is 10.9. The number of benzene rings is 2. The van der Waals surface area contributed by atoms with Crippen LogP contribution in [0.5, 0.6) is 0 Å². The Morgan fingerprint density at radius 1 is 1.09 bits per heavy atom.